The van der Waals surface area contributed by atoms with Crippen LogP contribution >= 0.6 is 23.2 Å². The maximum atomic E-state index is 11.8. The Kier molecular flexibility index (Phi) is 3.78. The topological polar surface area (TPSA) is 72.7 Å². The number of carbonyl (C=O) groups excluding carboxylic acids is 1. The Morgan fingerprint density at radius 2 is 2.22 bits per heavy atom. The van der Waals surface area contributed by atoms with E-state index in [-0.39, 0.29) is 22.4 Å². The average Bonchev–Trinajstić information content (AvgIpc) is 2.75. The molecule has 0 spiro atoms. The fraction of sp³-hybridized carbons (Fsp3) is 0.200. The van der Waals surface area contributed by atoms with Crippen molar-refractivity contribution in [3.8, 4) is 0 Å². The SMILES string of the molecule is Cn1cnc(CNC(=O)c2nc(Cl)ccc2Cl)n1. The maximum absolute atomic E-state index is 11.8. The van der Waals surface area contributed by atoms with Gasteiger partial charge in [0.2, 0.25) is 0 Å². The molecule has 0 saturated heterocycles. The van der Waals surface area contributed by atoms with Gasteiger partial charge in [0.15, 0.2) is 5.82 Å². The van der Waals surface area contributed by atoms with E-state index in [2.05, 4.69) is 20.4 Å². The van der Waals surface area contributed by atoms with Crippen LogP contribution in [0.1, 0.15) is 16.3 Å². The van der Waals surface area contributed by atoms with Crippen LogP contribution in [0.2, 0.25) is 10.2 Å². The Morgan fingerprint density at radius 3 is 2.89 bits per heavy atom. The number of nitrogens with one attached hydrogen (secondary N) is 1. The molecule has 2 rings (SSSR count). The molecule has 94 valence electrons. The molecule has 0 atom stereocenters. The molecule has 0 saturated carbocycles. The van der Waals surface area contributed by atoms with E-state index in [4.69, 9.17) is 23.2 Å². The van der Waals surface area contributed by atoms with Gasteiger partial charge in [0.1, 0.15) is 17.2 Å². The molecule has 1 amide bonds. The quantitative estimate of drug-likeness (QED) is 0.867. The van der Waals surface area contributed by atoms with Crippen molar-refractivity contribution in [1.29, 1.82) is 0 Å². The summed E-state index contributed by atoms with van der Waals surface area (Å²) in [5.74, 6) is 0.0824. The largest absolute Gasteiger partial charge is 0.343 e. The molecule has 0 aromatic carbocycles. The Labute approximate surface area is 113 Å². The van der Waals surface area contributed by atoms with E-state index < -0.39 is 5.91 Å². The summed E-state index contributed by atoms with van der Waals surface area (Å²) in [6.45, 7) is 0.199. The van der Waals surface area contributed by atoms with Crippen molar-refractivity contribution in [2.24, 2.45) is 7.05 Å². The van der Waals surface area contributed by atoms with Crippen LogP contribution in [0.3, 0.4) is 0 Å². The zero-order valence-corrected chi connectivity index (χ0v) is 10.9. The van der Waals surface area contributed by atoms with Gasteiger partial charge in [0.05, 0.1) is 11.6 Å². The van der Waals surface area contributed by atoms with Gasteiger partial charge in [-0.2, -0.15) is 5.10 Å². The van der Waals surface area contributed by atoms with Crippen LogP contribution in [0.4, 0.5) is 0 Å². The molecule has 0 aliphatic rings. The lowest BCUT2D eigenvalue weighted by atomic mass is 10.3. The van der Waals surface area contributed by atoms with Crippen molar-refractivity contribution in [1.82, 2.24) is 25.1 Å². The summed E-state index contributed by atoms with van der Waals surface area (Å²) in [7, 11) is 1.74. The van der Waals surface area contributed by atoms with Crippen molar-refractivity contribution in [2.75, 3.05) is 0 Å². The van der Waals surface area contributed by atoms with Crippen LogP contribution in [0.25, 0.3) is 0 Å². The molecule has 2 aromatic heterocycles. The molecular weight excluding hydrogens is 277 g/mol. The predicted octanol–water partition coefficient (Wildman–Crippen LogP) is 1.45. The summed E-state index contributed by atoms with van der Waals surface area (Å²) in [4.78, 5) is 19.7. The van der Waals surface area contributed by atoms with Gasteiger partial charge in [-0.15, -0.1) is 0 Å². The summed E-state index contributed by atoms with van der Waals surface area (Å²) >= 11 is 11.6. The van der Waals surface area contributed by atoms with Crippen LogP contribution in [-0.2, 0) is 13.6 Å². The number of hydrogen-bond acceptors (Lipinski definition) is 4. The molecule has 2 heterocycles. The molecule has 6 nitrogen and oxygen atoms in total. The van der Waals surface area contributed by atoms with Gasteiger partial charge < -0.3 is 5.32 Å². The van der Waals surface area contributed by atoms with Gasteiger partial charge in [-0.1, -0.05) is 23.2 Å². The lowest BCUT2D eigenvalue weighted by Crippen LogP contribution is -2.24. The maximum Gasteiger partial charge on any atom is 0.271 e. The van der Waals surface area contributed by atoms with E-state index in [1.807, 2.05) is 0 Å². The number of carbonyl (C=O) groups is 1. The fourth-order valence-corrected chi connectivity index (χ4v) is 1.62. The number of pyridine rings is 1. The van der Waals surface area contributed by atoms with Gasteiger partial charge >= 0.3 is 0 Å². The highest BCUT2D eigenvalue weighted by molar-refractivity contribution is 6.34. The van der Waals surface area contributed by atoms with Crippen molar-refractivity contribution < 1.29 is 4.79 Å². The summed E-state index contributed by atoms with van der Waals surface area (Å²) in [5, 5.41) is 7.09. The smallest absolute Gasteiger partial charge is 0.271 e. The number of rotatable bonds is 3. The molecule has 0 radical (unpaired) electrons. The summed E-state index contributed by atoms with van der Waals surface area (Å²) < 4.78 is 1.55. The molecular formula is C10H9Cl2N5O. The predicted molar refractivity (Wildman–Crippen MR) is 66.4 cm³/mol. The average molecular weight is 286 g/mol. The van der Waals surface area contributed by atoms with E-state index in [1.54, 1.807) is 18.1 Å². The van der Waals surface area contributed by atoms with Crippen LogP contribution in [-0.4, -0.2) is 25.7 Å². The number of nitrogens with zero attached hydrogens (tertiary/aromatic N) is 4. The first kappa shape index (κ1) is 12.8. The molecule has 1 N–H and O–H groups in total. The van der Waals surface area contributed by atoms with Crippen LogP contribution in [0.15, 0.2) is 18.5 Å². The molecule has 0 aliphatic heterocycles. The van der Waals surface area contributed by atoms with E-state index in [9.17, 15) is 4.79 Å². The first-order valence-corrected chi connectivity index (χ1v) is 5.76. The number of hydrogen-bond donors (Lipinski definition) is 1. The van der Waals surface area contributed by atoms with Crippen molar-refractivity contribution >= 4 is 29.1 Å². The van der Waals surface area contributed by atoms with Crippen molar-refractivity contribution in [2.45, 2.75) is 6.54 Å². The Balaban J connectivity index is 2.05. The van der Waals surface area contributed by atoms with E-state index >= 15 is 0 Å². The molecule has 0 unspecified atom stereocenters. The minimum absolute atomic E-state index is 0.0834. The minimum Gasteiger partial charge on any atom is -0.343 e. The highest BCUT2D eigenvalue weighted by Gasteiger charge is 2.13. The van der Waals surface area contributed by atoms with E-state index in [0.29, 0.717) is 5.82 Å². The summed E-state index contributed by atoms with van der Waals surface area (Å²) in [5.41, 5.74) is 0.0834. The highest BCUT2D eigenvalue weighted by atomic mass is 35.5. The first-order valence-electron chi connectivity index (χ1n) is 5.01. The molecule has 0 aliphatic carbocycles. The molecule has 0 bridgehead atoms. The third-order valence-corrected chi connectivity index (χ3v) is 2.60. The van der Waals surface area contributed by atoms with E-state index in [0.717, 1.165) is 0 Å². The second-order valence-electron chi connectivity index (χ2n) is 3.48. The third-order valence-electron chi connectivity index (χ3n) is 2.08. The Hall–Kier alpha value is -1.66. The second-order valence-corrected chi connectivity index (χ2v) is 4.28. The number of aromatic nitrogens is 4. The second kappa shape index (κ2) is 5.32. The molecule has 8 heteroatoms. The number of amides is 1. The number of halogens is 2. The van der Waals surface area contributed by atoms with Crippen molar-refractivity contribution in [3.63, 3.8) is 0 Å². The zero-order chi connectivity index (χ0) is 13.1. The van der Waals surface area contributed by atoms with Gasteiger partial charge in [0, 0.05) is 7.05 Å². The van der Waals surface area contributed by atoms with Gasteiger partial charge in [-0.25, -0.2) is 9.97 Å². The van der Waals surface area contributed by atoms with Gasteiger partial charge in [-0.05, 0) is 12.1 Å². The Bertz CT molecular complexity index is 583. The normalized spacial score (nSPS) is 10.4. The molecule has 0 fully saturated rings. The van der Waals surface area contributed by atoms with Gasteiger partial charge in [0.25, 0.3) is 5.91 Å². The minimum atomic E-state index is -0.421. The molecule has 18 heavy (non-hydrogen) atoms. The lowest BCUT2D eigenvalue weighted by molar-refractivity contribution is 0.0945. The standard InChI is InChI=1S/C10H9Cl2N5O/c1-17-5-14-8(16-17)4-13-10(18)9-6(11)2-3-7(12)15-9/h2-3,5H,4H2,1H3,(H,13,18). The third kappa shape index (κ3) is 2.96. The van der Waals surface area contributed by atoms with E-state index in [1.165, 1.54) is 12.1 Å². The lowest BCUT2D eigenvalue weighted by Gasteiger charge is -2.04. The number of aryl methyl sites for hydroxylation is 1. The highest BCUT2D eigenvalue weighted by Crippen LogP contribution is 2.16. The summed E-state index contributed by atoms with van der Waals surface area (Å²) in [6, 6.07) is 3.03. The Morgan fingerprint density at radius 1 is 1.44 bits per heavy atom. The van der Waals surface area contributed by atoms with Crippen LogP contribution < -0.4 is 5.32 Å². The first-order chi connectivity index (χ1) is 8.56. The molecule has 2 aromatic rings. The fourth-order valence-electron chi connectivity index (χ4n) is 1.29. The van der Waals surface area contributed by atoms with Crippen LogP contribution in [0.5, 0.6) is 0 Å². The van der Waals surface area contributed by atoms with Crippen LogP contribution in [0, 0.1) is 0 Å². The monoisotopic (exact) mass is 285 g/mol. The van der Waals surface area contributed by atoms with Gasteiger partial charge in [-0.3, -0.25) is 9.48 Å². The van der Waals surface area contributed by atoms with Crippen molar-refractivity contribution in [3.05, 3.63) is 40.2 Å². The zero-order valence-electron chi connectivity index (χ0n) is 9.39. The summed E-state index contributed by atoms with van der Waals surface area (Å²) in [6.07, 6.45) is 1.55.